The predicted octanol–water partition coefficient (Wildman–Crippen LogP) is 8.34. The van der Waals surface area contributed by atoms with Crippen LogP contribution in [0, 0.1) is 0 Å². The summed E-state index contributed by atoms with van der Waals surface area (Å²) in [6.45, 7) is 0.779. The molecule has 6 rings (SSSR count). The summed E-state index contributed by atoms with van der Waals surface area (Å²) in [6, 6.07) is 35.8. The average molecular weight is 435 g/mol. The van der Waals surface area contributed by atoms with Crippen molar-refractivity contribution >= 4 is 51.5 Å². The van der Waals surface area contributed by atoms with Gasteiger partial charge in [-0.15, -0.1) is 0 Å². The third-order valence-corrected chi connectivity index (χ3v) is 7.13. The zero-order valence-corrected chi connectivity index (χ0v) is 18.4. The topological polar surface area (TPSA) is 38.3 Å². The Morgan fingerprint density at radius 2 is 1.09 bits per heavy atom. The van der Waals surface area contributed by atoms with Crippen LogP contribution in [0.4, 0.5) is 0 Å². The van der Waals surface area contributed by atoms with Crippen molar-refractivity contribution < 1.29 is 8.39 Å². The van der Waals surface area contributed by atoms with Crippen molar-refractivity contribution in [3.63, 3.8) is 0 Å². The molecule has 1 heterocycles. The predicted molar refractivity (Wildman–Crippen MR) is 135 cm³/mol. The van der Waals surface area contributed by atoms with Gasteiger partial charge in [-0.05, 0) is 39.2 Å². The quantitative estimate of drug-likeness (QED) is 0.302. The molecule has 1 aromatic heterocycles. The van der Waals surface area contributed by atoms with E-state index in [1.54, 1.807) is 0 Å². The molecule has 156 valence electrons. The first-order chi connectivity index (χ1) is 15.9. The first-order valence-corrected chi connectivity index (χ1v) is 12.1. The van der Waals surface area contributed by atoms with Crippen molar-refractivity contribution in [2.24, 2.45) is 0 Å². The maximum Gasteiger partial charge on any atom is 0.231 e. The van der Waals surface area contributed by atoms with E-state index in [9.17, 15) is 0 Å². The van der Waals surface area contributed by atoms with E-state index in [-0.39, 0.29) is 0 Å². The Morgan fingerprint density at radius 3 is 1.69 bits per heavy atom. The molecule has 0 fully saturated rings. The first-order valence-electron chi connectivity index (χ1n) is 10.8. The molecule has 0 radical (unpaired) electrons. The SMILES string of the molecule is c1ccc(CNCp2oc3ccc4ccccc4c3c3c(ccc4ccccc43)o2)cc1. The van der Waals surface area contributed by atoms with E-state index in [2.05, 4.69) is 102 Å². The molecule has 0 unspecified atom stereocenters. The zero-order chi connectivity index (χ0) is 21.3. The van der Waals surface area contributed by atoms with Gasteiger partial charge in [0.2, 0.25) is 8.01 Å². The Hall–Kier alpha value is -3.52. The van der Waals surface area contributed by atoms with E-state index in [0.717, 1.165) is 28.5 Å². The molecular formula is C28H22NO2P. The number of benzene rings is 5. The zero-order valence-electron chi connectivity index (χ0n) is 17.5. The van der Waals surface area contributed by atoms with Gasteiger partial charge in [-0.25, -0.2) is 0 Å². The lowest BCUT2D eigenvalue weighted by Crippen LogP contribution is -2.08. The second-order valence-corrected chi connectivity index (χ2v) is 9.25. The molecule has 0 saturated carbocycles. The minimum absolute atomic E-state index is 0.642. The third kappa shape index (κ3) is 3.46. The summed E-state index contributed by atoms with van der Waals surface area (Å²) in [6.07, 6.45) is 0.642. The van der Waals surface area contributed by atoms with Crippen molar-refractivity contribution in [1.29, 1.82) is 0 Å². The van der Waals surface area contributed by atoms with Crippen LogP contribution < -0.4 is 5.32 Å². The van der Waals surface area contributed by atoms with E-state index in [1.165, 1.54) is 27.1 Å². The highest BCUT2D eigenvalue weighted by Gasteiger charge is 2.12. The van der Waals surface area contributed by atoms with Crippen LogP contribution in [-0.2, 0) is 12.8 Å². The van der Waals surface area contributed by atoms with Gasteiger partial charge in [0.15, 0.2) is 0 Å². The molecule has 0 atom stereocenters. The number of hydrogen-bond acceptors (Lipinski definition) is 3. The number of nitrogens with one attached hydrogen (secondary N) is 1. The molecule has 0 amide bonds. The summed E-state index contributed by atoms with van der Waals surface area (Å²) >= 11 is 0. The summed E-state index contributed by atoms with van der Waals surface area (Å²) in [5.41, 5.74) is 3.01. The van der Waals surface area contributed by atoms with Gasteiger partial charge in [-0.1, -0.05) is 91.0 Å². The van der Waals surface area contributed by atoms with E-state index >= 15 is 0 Å². The third-order valence-electron chi connectivity index (χ3n) is 5.84. The summed E-state index contributed by atoms with van der Waals surface area (Å²) in [4.78, 5) is 0. The van der Waals surface area contributed by atoms with Gasteiger partial charge in [-0.3, -0.25) is 0 Å². The van der Waals surface area contributed by atoms with Gasteiger partial charge in [0.1, 0.15) is 17.5 Å². The molecular weight excluding hydrogens is 413 g/mol. The van der Waals surface area contributed by atoms with Gasteiger partial charge in [0.25, 0.3) is 0 Å². The van der Waals surface area contributed by atoms with E-state index in [0.29, 0.717) is 6.29 Å². The maximum atomic E-state index is 6.51. The summed E-state index contributed by atoms with van der Waals surface area (Å²) in [5.74, 6) is 0. The molecule has 4 heteroatoms. The standard InChI is InChI=1S/C28H22NO2P/c1-2-8-20(9-3-1)18-29-19-32-30-25-16-14-21-10-4-6-12-23(21)27(25)28-24-13-7-5-11-22(24)15-17-26(28)31-32/h1-17,29H,18-19H2. The summed E-state index contributed by atoms with van der Waals surface area (Å²) in [7, 11) is -1.19. The fourth-order valence-electron chi connectivity index (χ4n) is 4.36. The second kappa shape index (κ2) is 8.20. The molecule has 5 aromatic carbocycles. The Labute approximate surface area is 186 Å². The smallest absolute Gasteiger partial charge is 0.231 e. The first kappa shape index (κ1) is 19.2. The molecule has 32 heavy (non-hydrogen) atoms. The molecule has 1 N–H and O–H groups in total. The van der Waals surface area contributed by atoms with E-state index < -0.39 is 8.01 Å². The van der Waals surface area contributed by atoms with Crippen LogP contribution in [0.5, 0.6) is 0 Å². The fourth-order valence-corrected chi connectivity index (χ4v) is 5.56. The highest BCUT2D eigenvalue weighted by Crippen LogP contribution is 2.40. The van der Waals surface area contributed by atoms with E-state index in [1.807, 2.05) is 6.07 Å². The van der Waals surface area contributed by atoms with Gasteiger partial charge < -0.3 is 13.7 Å². The van der Waals surface area contributed by atoms with Gasteiger partial charge in [0, 0.05) is 17.3 Å². The fraction of sp³-hybridized carbons (Fsp3) is 0.0714. The number of rotatable bonds is 4. The molecule has 0 saturated heterocycles. The Balaban J connectivity index is 1.60. The Morgan fingerprint density at radius 1 is 0.562 bits per heavy atom. The lowest BCUT2D eigenvalue weighted by Gasteiger charge is -2.05. The minimum Gasteiger partial charge on any atom is -0.418 e. The molecule has 0 aliphatic carbocycles. The van der Waals surface area contributed by atoms with E-state index in [4.69, 9.17) is 8.39 Å². The normalized spacial score (nSPS) is 11.5. The van der Waals surface area contributed by atoms with Gasteiger partial charge in [0.05, 0.1) is 0 Å². The molecule has 0 aliphatic heterocycles. The van der Waals surface area contributed by atoms with Crippen molar-refractivity contribution in [2.75, 3.05) is 0 Å². The van der Waals surface area contributed by atoms with Crippen LogP contribution in [0.1, 0.15) is 5.56 Å². The van der Waals surface area contributed by atoms with Gasteiger partial charge in [-0.2, -0.15) is 0 Å². The van der Waals surface area contributed by atoms with Crippen LogP contribution in [0.15, 0.2) is 112 Å². The van der Waals surface area contributed by atoms with Crippen LogP contribution in [-0.4, -0.2) is 0 Å². The summed E-state index contributed by atoms with van der Waals surface area (Å²) < 4.78 is 13.0. The summed E-state index contributed by atoms with van der Waals surface area (Å²) in [5, 5.41) is 10.5. The Kier molecular flexibility index (Phi) is 4.92. The average Bonchev–Trinajstić information content (AvgIpc) is 3.01. The minimum atomic E-state index is -1.19. The maximum absolute atomic E-state index is 6.51. The van der Waals surface area contributed by atoms with Crippen LogP contribution in [0.3, 0.4) is 0 Å². The Bertz CT molecular complexity index is 1510. The van der Waals surface area contributed by atoms with Crippen molar-refractivity contribution in [2.45, 2.75) is 12.8 Å². The van der Waals surface area contributed by atoms with Crippen LogP contribution in [0.2, 0.25) is 0 Å². The van der Waals surface area contributed by atoms with Crippen molar-refractivity contribution in [3.8, 4) is 0 Å². The monoisotopic (exact) mass is 435 g/mol. The largest absolute Gasteiger partial charge is 0.418 e. The lowest BCUT2D eigenvalue weighted by molar-refractivity contribution is 0.611. The van der Waals surface area contributed by atoms with Crippen molar-refractivity contribution in [3.05, 3.63) is 109 Å². The molecule has 0 aliphatic rings. The van der Waals surface area contributed by atoms with Crippen LogP contribution in [0.25, 0.3) is 43.5 Å². The molecule has 0 bridgehead atoms. The number of hydrogen-bond donors (Lipinski definition) is 1. The molecule has 3 nitrogen and oxygen atoms in total. The number of fused-ring (bicyclic) bond motifs is 7. The highest BCUT2D eigenvalue weighted by molar-refractivity contribution is 7.36. The second-order valence-electron chi connectivity index (χ2n) is 7.91. The molecule has 6 aromatic rings. The van der Waals surface area contributed by atoms with Crippen LogP contribution >= 0.6 is 8.01 Å². The lowest BCUT2D eigenvalue weighted by atomic mass is 9.99. The molecule has 0 spiro atoms. The highest BCUT2D eigenvalue weighted by atomic mass is 31.1. The van der Waals surface area contributed by atoms with Gasteiger partial charge >= 0.3 is 0 Å². The van der Waals surface area contributed by atoms with Crippen molar-refractivity contribution in [1.82, 2.24) is 5.32 Å².